The maximum Gasteiger partial charge on any atom is 0.323 e. The van der Waals surface area contributed by atoms with E-state index >= 15 is 0 Å². The van der Waals surface area contributed by atoms with Gasteiger partial charge in [-0.2, -0.15) is 0 Å². The third kappa shape index (κ3) is 26.4. The molecule has 0 aliphatic heterocycles. The average molecular weight is 519 g/mol. The van der Waals surface area contributed by atoms with Crippen molar-refractivity contribution >= 4 is 24.4 Å². The number of ether oxygens (including phenoxy) is 4. The van der Waals surface area contributed by atoms with Gasteiger partial charge < -0.3 is 29.6 Å². The van der Waals surface area contributed by atoms with E-state index in [1.165, 1.54) is 0 Å². The molecule has 1 atom stereocenters. The zero-order chi connectivity index (χ0) is 27.9. The van der Waals surface area contributed by atoms with E-state index in [0.29, 0.717) is 64.4 Å². The van der Waals surface area contributed by atoms with E-state index in [9.17, 15) is 19.2 Å². The highest BCUT2D eigenvalue weighted by atomic mass is 16.5. The predicted molar refractivity (Wildman–Crippen MR) is 138 cm³/mol. The van der Waals surface area contributed by atoms with Gasteiger partial charge in [-0.3, -0.25) is 19.2 Å². The first kappa shape index (κ1) is 36.0. The highest BCUT2D eigenvalue weighted by molar-refractivity contribution is 5.82. The fraction of sp³-hybridized carbons (Fsp3) is 0.846. The molecule has 0 radical (unpaired) electrons. The van der Waals surface area contributed by atoms with Crippen LogP contribution in [0.3, 0.4) is 0 Å². The first-order valence-electron chi connectivity index (χ1n) is 12.9. The van der Waals surface area contributed by atoms with Crippen molar-refractivity contribution in [3.05, 3.63) is 0 Å². The smallest absolute Gasteiger partial charge is 0.323 e. The summed E-state index contributed by atoms with van der Waals surface area (Å²) >= 11 is 0. The summed E-state index contributed by atoms with van der Waals surface area (Å²) in [4.78, 5) is 45.3. The molecular formula is C26H50N2O8. The van der Waals surface area contributed by atoms with Gasteiger partial charge in [0.05, 0.1) is 39.3 Å². The van der Waals surface area contributed by atoms with Gasteiger partial charge in [-0.05, 0) is 23.7 Å². The summed E-state index contributed by atoms with van der Waals surface area (Å²) < 4.78 is 19.9. The Morgan fingerprint density at radius 3 is 1.64 bits per heavy atom. The zero-order valence-corrected chi connectivity index (χ0v) is 23.6. The van der Waals surface area contributed by atoms with Crippen molar-refractivity contribution in [2.24, 2.45) is 23.7 Å². The van der Waals surface area contributed by atoms with Crippen LogP contribution in [0.15, 0.2) is 0 Å². The second-order valence-electron chi connectivity index (χ2n) is 10.2. The van der Waals surface area contributed by atoms with Gasteiger partial charge in [-0.15, -0.1) is 0 Å². The van der Waals surface area contributed by atoms with Gasteiger partial charge in [-0.1, -0.05) is 55.4 Å². The largest absolute Gasteiger partial charge is 0.468 e. The van der Waals surface area contributed by atoms with E-state index < -0.39 is 18.0 Å². The minimum atomic E-state index is -0.758. The number of carbonyl (C=O) groups is 4. The molecule has 0 saturated heterocycles. The van der Waals surface area contributed by atoms with E-state index in [-0.39, 0.29) is 30.6 Å². The standard InChI is InChI=1S/C21H40N2O6.C5H10O2/c1-15(2)12-27-19(24)7-8-22-9-10-23-18(21(26)29-14-17(5)6)11-20(25)28-13-16(3)4;1-5(2)3-7-4-6/h15-18,22-23H,7-14H2,1-6H3;4-5H,3H2,1-2H3/t18-;/m0./s1. The first-order chi connectivity index (χ1) is 16.9. The van der Waals surface area contributed by atoms with Crippen LogP contribution in [0.5, 0.6) is 0 Å². The molecule has 212 valence electrons. The highest BCUT2D eigenvalue weighted by Gasteiger charge is 2.24. The number of hydrogen-bond donors (Lipinski definition) is 2. The van der Waals surface area contributed by atoms with Crippen LogP contribution in [0.1, 0.15) is 68.2 Å². The summed E-state index contributed by atoms with van der Waals surface area (Å²) in [6.45, 7) is 19.3. The molecule has 10 heteroatoms. The van der Waals surface area contributed by atoms with Crippen molar-refractivity contribution in [2.75, 3.05) is 46.1 Å². The van der Waals surface area contributed by atoms with Gasteiger partial charge in [0, 0.05) is 19.6 Å². The maximum atomic E-state index is 12.3. The molecule has 0 unspecified atom stereocenters. The van der Waals surface area contributed by atoms with Crippen LogP contribution >= 0.6 is 0 Å². The Morgan fingerprint density at radius 1 is 0.667 bits per heavy atom. The Bertz CT molecular complexity index is 594. The summed E-state index contributed by atoms with van der Waals surface area (Å²) in [6, 6.07) is -0.758. The summed E-state index contributed by atoms with van der Waals surface area (Å²) in [6.07, 6.45) is 0.208. The summed E-state index contributed by atoms with van der Waals surface area (Å²) in [5.41, 5.74) is 0. The molecule has 0 aromatic rings. The molecular weight excluding hydrogens is 468 g/mol. The van der Waals surface area contributed by atoms with Gasteiger partial charge in [0.1, 0.15) is 6.04 Å². The number of nitrogens with one attached hydrogen (secondary N) is 2. The quantitative estimate of drug-likeness (QED) is 0.114. The van der Waals surface area contributed by atoms with E-state index in [4.69, 9.17) is 14.2 Å². The molecule has 2 N–H and O–H groups in total. The first-order valence-corrected chi connectivity index (χ1v) is 12.9. The molecule has 0 saturated carbocycles. The zero-order valence-electron chi connectivity index (χ0n) is 23.6. The highest BCUT2D eigenvalue weighted by Crippen LogP contribution is 2.03. The monoisotopic (exact) mass is 518 g/mol. The molecule has 0 heterocycles. The SMILES string of the molecule is CC(C)COC(=O)CCNCCN[C@@H](CC(=O)OCC(C)C)C(=O)OCC(C)C.CC(C)COC=O. The fourth-order valence-electron chi connectivity index (χ4n) is 2.29. The average Bonchev–Trinajstić information content (AvgIpc) is 2.80. The fourth-order valence-corrected chi connectivity index (χ4v) is 2.29. The van der Waals surface area contributed by atoms with Gasteiger partial charge in [0.2, 0.25) is 0 Å². The van der Waals surface area contributed by atoms with Gasteiger partial charge >= 0.3 is 17.9 Å². The van der Waals surface area contributed by atoms with Gasteiger partial charge in [0.15, 0.2) is 0 Å². The molecule has 0 amide bonds. The number of hydrogen-bond acceptors (Lipinski definition) is 10. The van der Waals surface area contributed by atoms with Crippen LogP contribution in [0.25, 0.3) is 0 Å². The lowest BCUT2D eigenvalue weighted by Gasteiger charge is -2.18. The lowest BCUT2D eigenvalue weighted by atomic mass is 10.2. The van der Waals surface area contributed by atoms with Crippen LogP contribution in [0.2, 0.25) is 0 Å². The van der Waals surface area contributed by atoms with E-state index in [2.05, 4.69) is 15.4 Å². The predicted octanol–water partition coefficient (Wildman–Crippen LogP) is 2.73. The Hall–Kier alpha value is -2.20. The second-order valence-corrected chi connectivity index (χ2v) is 10.2. The number of carbonyl (C=O) groups excluding carboxylic acids is 4. The molecule has 0 aliphatic carbocycles. The van der Waals surface area contributed by atoms with Crippen LogP contribution in [-0.2, 0) is 38.1 Å². The molecule has 0 aliphatic rings. The molecule has 0 rings (SSSR count). The second kappa shape index (κ2) is 23.2. The van der Waals surface area contributed by atoms with E-state index in [0.717, 1.165) is 0 Å². The third-order valence-electron chi connectivity index (χ3n) is 4.07. The van der Waals surface area contributed by atoms with Crippen molar-refractivity contribution in [3.8, 4) is 0 Å². The molecule has 0 fully saturated rings. The summed E-state index contributed by atoms with van der Waals surface area (Å²) in [7, 11) is 0. The third-order valence-corrected chi connectivity index (χ3v) is 4.07. The van der Waals surface area contributed by atoms with Crippen molar-refractivity contribution in [2.45, 2.75) is 74.3 Å². The van der Waals surface area contributed by atoms with Crippen LogP contribution in [0, 0.1) is 23.7 Å². The minimum Gasteiger partial charge on any atom is -0.468 e. The summed E-state index contributed by atoms with van der Waals surface area (Å²) in [5, 5.41) is 6.15. The Balaban J connectivity index is 0. The van der Waals surface area contributed by atoms with Crippen LogP contribution in [0.4, 0.5) is 0 Å². The topological polar surface area (TPSA) is 129 Å². The molecule has 36 heavy (non-hydrogen) atoms. The minimum absolute atomic E-state index is 0.0782. The maximum absolute atomic E-state index is 12.3. The van der Waals surface area contributed by atoms with Crippen molar-refractivity contribution < 1.29 is 38.1 Å². The van der Waals surface area contributed by atoms with Gasteiger partial charge in [0.25, 0.3) is 6.47 Å². The number of rotatable bonds is 19. The summed E-state index contributed by atoms with van der Waals surface area (Å²) in [5.74, 6) is 0.0819. The lowest BCUT2D eigenvalue weighted by molar-refractivity contribution is -0.153. The van der Waals surface area contributed by atoms with Gasteiger partial charge in [-0.25, -0.2) is 0 Å². The molecule has 0 spiro atoms. The normalized spacial score (nSPS) is 11.7. The lowest BCUT2D eigenvalue weighted by Crippen LogP contribution is -2.43. The Morgan fingerprint density at radius 2 is 1.17 bits per heavy atom. The van der Waals surface area contributed by atoms with E-state index in [1.807, 2.05) is 55.4 Å². The molecule has 0 bridgehead atoms. The van der Waals surface area contributed by atoms with Crippen LogP contribution < -0.4 is 10.6 Å². The Kier molecular flexibility index (Phi) is 23.2. The molecule has 0 aromatic heterocycles. The van der Waals surface area contributed by atoms with E-state index in [1.54, 1.807) is 0 Å². The molecule has 0 aromatic carbocycles. The van der Waals surface area contributed by atoms with Crippen molar-refractivity contribution in [1.29, 1.82) is 0 Å². The van der Waals surface area contributed by atoms with Crippen LogP contribution in [-0.4, -0.2) is 76.5 Å². The van der Waals surface area contributed by atoms with Crippen molar-refractivity contribution in [1.82, 2.24) is 10.6 Å². The Labute approximate surface area is 217 Å². The molecule has 10 nitrogen and oxygen atoms in total. The number of esters is 3. The van der Waals surface area contributed by atoms with Crippen molar-refractivity contribution in [3.63, 3.8) is 0 Å².